The van der Waals surface area contributed by atoms with Crippen LogP contribution in [0.3, 0.4) is 0 Å². The zero-order valence-electron chi connectivity index (χ0n) is 19.4. The van der Waals surface area contributed by atoms with Gasteiger partial charge in [-0.05, 0) is 43.7 Å². The minimum atomic E-state index is -0.231. The molecule has 3 heterocycles. The van der Waals surface area contributed by atoms with Crippen molar-refractivity contribution in [1.29, 1.82) is 0 Å². The molecule has 2 aromatic carbocycles. The zero-order valence-corrected chi connectivity index (χ0v) is 19.4. The first-order valence-corrected chi connectivity index (χ1v) is 11.6. The number of carbonyl (C=O) groups is 1. The maximum atomic E-state index is 13.0. The molecule has 4 aromatic rings. The van der Waals surface area contributed by atoms with Crippen molar-refractivity contribution in [2.24, 2.45) is 0 Å². The Labute approximate surface area is 198 Å². The maximum Gasteiger partial charge on any atom is 0.241 e. The minimum Gasteiger partial charge on any atom is -0.338 e. The van der Waals surface area contributed by atoms with Gasteiger partial charge in [-0.1, -0.05) is 35.5 Å². The number of aryl methyl sites for hydroxylation is 1. The molecule has 0 aliphatic carbocycles. The molecule has 1 aliphatic heterocycles. The summed E-state index contributed by atoms with van der Waals surface area (Å²) in [5.41, 5.74) is 3.77. The minimum absolute atomic E-state index is 0.00965. The lowest BCUT2D eigenvalue weighted by Crippen LogP contribution is -2.52. The summed E-state index contributed by atoms with van der Waals surface area (Å²) >= 11 is 0. The Morgan fingerprint density at radius 2 is 1.88 bits per heavy atom. The maximum absolute atomic E-state index is 13.0. The molecular weight excluding hydrogens is 428 g/mol. The van der Waals surface area contributed by atoms with Crippen molar-refractivity contribution in [3.63, 3.8) is 0 Å². The van der Waals surface area contributed by atoms with Gasteiger partial charge in [-0.2, -0.15) is 4.98 Å². The fourth-order valence-electron chi connectivity index (χ4n) is 4.37. The summed E-state index contributed by atoms with van der Waals surface area (Å²) in [6.07, 6.45) is 1.76. The largest absolute Gasteiger partial charge is 0.338 e. The Hall–Kier alpha value is -3.62. The number of pyridine rings is 1. The summed E-state index contributed by atoms with van der Waals surface area (Å²) in [5, 5.41) is 8.19. The third-order valence-electron chi connectivity index (χ3n) is 6.45. The Bertz CT molecular complexity index is 1290. The molecule has 8 heteroatoms. The first kappa shape index (κ1) is 22.2. The van der Waals surface area contributed by atoms with E-state index in [1.807, 2.05) is 68.4 Å². The molecule has 1 unspecified atom stereocenters. The SMILES string of the molecule is Cc1ccccc1-c1noc(CN2CCN(C(C)C(=O)Nc3cccc4ncccc34)CC2)n1. The summed E-state index contributed by atoms with van der Waals surface area (Å²) in [7, 11) is 0. The Morgan fingerprint density at radius 1 is 1.06 bits per heavy atom. The van der Waals surface area contributed by atoms with E-state index in [1.54, 1.807) is 6.20 Å². The van der Waals surface area contributed by atoms with Gasteiger partial charge in [0.25, 0.3) is 0 Å². The lowest BCUT2D eigenvalue weighted by atomic mass is 10.1. The summed E-state index contributed by atoms with van der Waals surface area (Å²) in [4.78, 5) is 26.4. The number of hydrogen-bond acceptors (Lipinski definition) is 7. The van der Waals surface area contributed by atoms with Crippen LogP contribution in [0, 0.1) is 6.92 Å². The summed E-state index contributed by atoms with van der Waals surface area (Å²) in [5.74, 6) is 1.23. The first-order valence-electron chi connectivity index (χ1n) is 11.6. The van der Waals surface area contributed by atoms with Crippen LogP contribution in [0.15, 0.2) is 65.3 Å². The van der Waals surface area contributed by atoms with Crippen LogP contribution in [0.25, 0.3) is 22.3 Å². The van der Waals surface area contributed by atoms with Crippen LogP contribution < -0.4 is 5.32 Å². The van der Waals surface area contributed by atoms with E-state index in [0.29, 0.717) is 18.3 Å². The second-order valence-electron chi connectivity index (χ2n) is 8.68. The van der Waals surface area contributed by atoms with Gasteiger partial charge in [0.15, 0.2) is 0 Å². The molecule has 0 radical (unpaired) electrons. The number of piperazine rings is 1. The van der Waals surface area contributed by atoms with Crippen molar-refractivity contribution >= 4 is 22.5 Å². The molecule has 1 fully saturated rings. The van der Waals surface area contributed by atoms with Crippen molar-refractivity contribution in [2.75, 3.05) is 31.5 Å². The Kier molecular flexibility index (Phi) is 6.33. The van der Waals surface area contributed by atoms with Gasteiger partial charge in [-0.15, -0.1) is 0 Å². The van der Waals surface area contributed by atoms with E-state index < -0.39 is 0 Å². The number of anilines is 1. The second-order valence-corrected chi connectivity index (χ2v) is 8.68. The summed E-state index contributed by atoms with van der Waals surface area (Å²) < 4.78 is 5.51. The van der Waals surface area contributed by atoms with Crippen LogP contribution in [0.4, 0.5) is 5.69 Å². The predicted molar refractivity (Wildman–Crippen MR) is 131 cm³/mol. The quantitative estimate of drug-likeness (QED) is 0.473. The van der Waals surface area contributed by atoms with Crippen LogP contribution in [-0.4, -0.2) is 63.1 Å². The molecule has 1 aliphatic rings. The topological polar surface area (TPSA) is 87.4 Å². The average Bonchev–Trinajstić information content (AvgIpc) is 3.32. The Morgan fingerprint density at radius 3 is 2.71 bits per heavy atom. The van der Waals surface area contributed by atoms with Gasteiger partial charge in [-0.25, -0.2) is 0 Å². The highest BCUT2D eigenvalue weighted by molar-refractivity contribution is 6.02. The highest BCUT2D eigenvalue weighted by Gasteiger charge is 2.27. The van der Waals surface area contributed by atoms with Crippen molar-refractivity contribution in [1.82, 2.24) is 24.9 Å². The van der Waals surface area contributed by atoms with Crippen LogP contribution >= 0.6 is 0 Å². The summed E-state index contributed by atoms with van der Waals surface area (Å²) in [6, 6.07) is 17.4. The molecule has 174 valence electrons. The lowest BCUT2D eigenvalue weighted by molar-refractivity contribution is -0.121. The third-order valence-corrected chi connectivity index (χ3v) is 6.45. The van der Waals surface area contributed by atoms with Gasteiger partial charge in [-0.3, -0.25) is 19.6 Å². The molecule has 5 rings (SSSR count). The van der Waals surface area contributed by atoms with Crippen LogP contribution in [0.2, 0.25) is 0 Å². The number of carbonyl (C=O) groups excluding carboxylic acids is 1. The van der Waals surface area contributed by atoms with Crippen molar-refractivity contribution in [3.8, 4) is 11.4 Å². The fraction of sp³-hybridized carbons (Fsp3) is 0.308. The van der Waals surface area contributed by atoms with Gasteiger partial charge in [0.1, 0.15) is 0 Å². The van der Waals surface area contributed by atoms with Gasteiger partial charge >= 0.3 is 0 Å². The molecule has 0 saturated carbocycles. The molecule has 2 aromatic heterocycles. The molecule has 34 heavy (non-hydrogen) atoms. The van der Waals surface area contributed by atoms with Gasteiger partial charge in [0.05, 0.1) is 23.8 Å². The average molecular weight is 457 g/mol. The summed E-state index contributed by atoms with van der Waals surface area (Å²) in [6.45, 7) is 7.86. The van der Waals surface area contributed by atoms with E-state index >= 15 is 0 Å². The Balaban J connectivity index is 1.16. The number of benzene rings is 2. The smallest absolute Gasteiger partial charge is 0.241 e. The number of aromatic nitrogens is 3. The monoisotopic (exact) mass is 456 g/mol. The van der Waals surface area contributed by atoms with Crippen LogP contribution in [-0.2, 0) is 11.3 Å². The number of amides is 1. The zero-order chi connectivity index (χ0) is 23.5. The van der Waals surface area contributed by atoms with Gasteiger partial charge in [0, 0.05) is 43.3 Å². The second kappa shape index (κ2) is 9.70. The fourth-order valence-corrected chi connectivity index (χ4v) is 4.37. The predicted octanol–water partition coefficient (Wildman–Crippen LogP) is 3.74. The van der Waals surface area contributed by atoms with Crippen molar-refractivity contribution in [3.05, 3.63) is 72.2 Å². The van der Waals surface area contributed by atoms with Gasteiger partial charge in [0.2, 0.25) is 17.6 Å². The van der Waals surface area contributed by atoms with E-state index in [1.165, 1.54) is 0 Å². The number of fused-ring (bicyclic) bond motifs is 1. The number of nitrogens with one attached hydrogen (secondary N) is 1. The van der Waals surface area contributed by atoms with E-state index in [4.69, 9.17) is 4.52 Å². The molecule has 1 N–H and O–H groups in total. The normalized spacial score (nSPS) is 15.9. The molecular formula is C26H28N6O2. The first-order chi connectivity index (χ1) is 16.6. The molecule has 1 saturated heterocycles. The number of nitrogens with zero attached hydrogens (tertiary/aromatic N) is 5. The highest BCUT2D eigenvalue weighted by Crippen LogP contribution is 2.23. The number of rotatable bonds is 6. The van der Waals surface area contributed by atoms with Crippen molar-refractivity contribution < 1.29 is 9.32 Å². The molecule has 0 bridgehead atoms. The van der Waals surface area contributed by atoms with E-state index in [2.05, 4.69) is 30.2 Å². The lowest BCUT2D eigenvalue weighted by Gasteiger charge is -2.36. The standard InChI is InChI=1S/C26H28N6O2/c1-18-7-3-4-8-20(18)25-29-24(34-30-25)17-31-13-15-32(16-14-31)19(2)26(33)28-23-11-5-10-22-21(23)9-6-12-27-22/h3-12,19H,13-17H2,1-2H3,(H,28,33). The number of hydrogen-bond donors (Lipinski definition) is 1. The van der Waals surface area contributed by atoms with Crippen LogP contribution in [0.5, 0.6) is 0 Å². The van der Waals surface area contributed by atoms with Crippen molar-refractivity contribution in [2.45, 2.75) is 26.4 Å². The molecule has 1 atom stereocenters. The molecule has 1 amide bonds. The molecule has 0 spiro atoms. The van der Waals surface area contributed by atoms with Crippen LogP contribution in [0.1, 0.15) is 18.4 Å². The third kappa shape index (κ3) is 4.69. The van der Waals surface area contributed by atoms with Gasteiger partial charge < -0.3 is 9.84 Å². The van der Waals surface area contributed by atoms with E-state index in [-0.39, 0.29) is 11.9 Å². The van der Waals surface area contributed by atoms with E-state index in [9.17, 15) is 4.79 Å². The highest BCUT2D eigenvalue weighted by atomic mass is 16.5. The van der Waals surface area contributed by atoms with E-state index in [0.717, 1.165) is 53.9 Å². The molecule has 8 nitrogen and oxygen atoms in total.